The first-order valence-corrected chi connectivity index (χ1v) is 10.3. The molecule has 2 aromatic carbocycles. The van der Waals surface area contributed by atoms with E-state index in [1.54, 1.807) is 6.92 Å². The minimum atomic E-state index is -0.622. The molecule has 4 rings (SSSR count). The van der Waals surface area contributed by atoms with E-state index in [-0.39, 0.29) is 12.4 Å². The van der Waals surface area contributed by atoms with Crippen LogP contribution in [0, 0.1) is 17.8 Å². The van der Waals surface area contributed by atoms with E-state index in [2.05, 4.69) is 17.2 Å². The Balaban J connectivity index is 1.90. The predicted molar refractivity (Wildman–Crippen MR) is 116 cm³/mol. The van der Waals surface area contributed by atoms with Crippen molar-refractivity contribution < 1.29 is 14.3 Å². The van der Waals surface area contributed by atoms with Crippen LogP contribution in [0.5, 0.6) is 0 Å². The first kappa shape index (κ1) is 19.7. The molecule has 1 heterocycles. The molecule has 150 valence electrons. The van der Waals surface area contributed by atoms with Crippen LogP contribution in [0.1, 0.15) is 37.3 Å². The number of carbonyl (C=O) groups is 2. The third-order valence-corrected chi connectivity index (χ3v) is 5.27. The van der Waals surface area contributed by atoms with E-state index in [0.29, 0.717) is 23.3 Å². The van der Waals surface area contributed by atoms with Crippen molar-refractivity contribution in [1.29, 1.82) is 0 Å². The summed E-state index contributed by atoms with van der Waals surface area (Å²) >= 11 is 0. The third kappa shape index (κ3) is 3.92. The van der Waals surface area contributed by atoms with Crippen LogP contribution in [0.2, 0.25) is 0 Å². The Bertz CT molecular complexity index is 1090. The number of rotatable bonds is 3. The van der Waals surface area contributed by atoms with Crippen molar-refractivity contribution in [1.82, 2.24) is 5.32 Å². The normalized spacial score (nSPS) is 18.2. The molecule has 30 heavy (non-hydrogen) atoms. The second-order valence-electron chi connectivity index (χ2n) is 7.24. The van der Waals surface area contributed by atoms with Gasteiger partial charge in [0.2, 0.25) is 0 Å². The quantitative estimate of drug-likeness (QED) is 0.622. The van der Waals surface area contributed by atoms with E-state index >= 15 is 0 Å². The molecule has 0 bridgehead atoms. The molecule has 1 N–H and O–H groups in total. The van der Waals surface area contributed by atoms with Gasteiger partial charge in [0.05, 0.1) is 23.8 Å². The van der Waals surface area contributed by atoms with Crippen LogP contribution in [0.3, 0.4) is 0 Å². The molecule has 1 aliphatic heterocycles. The van der Waals surface area contributed by atoms with E-state index in [9.17, 15) is 9.59 Å². The van der Waals surface area contributed by atoms with Crippen molar-refractivity contribution in [2.24, 2.45) is 5.92 Å². The molecule has 0 spiro atoms. The highest BCUT2D eigenvalue weighted by Crippen LogP contribution is 2.39. The molecular formula is C26H23NO3. The van der Waals surface area contributed by atoms with Gasteiger partial charge in [0.25, 0.3) is 0 Å². The summed E-state index contributed by atoms with van der Waals surface area (Å²) in [5, 5.41) is 3.39. The van der Waals surface area contributed by atoms with Crippen LogP contribution in [-0.4, -0.2) is 18.4 Å². The molecule has 0 aromatic heterocycles. The van der Waals surface area contributed by atoms with Crippen molar-refractivity contribution >= 4 is 17.4 Å². The van der Waals surface area contributed by atoms with Crippen molar-refractivity contribution in [3.63, 3.8) is 0 Å². The zero-order chi connectivity index (χ0) is 20.9. The van der Waals surface area contributed by atoms with E-state index in [1.807, 2.05) is 60.7 Å². The number of allylic oxidation sites excluding steroid dienone is 2. The fourth-order valence-corrected chi connectivity index (χ4v) is 3.92. The molecule has 4 heteroatoms. The molecule has 1 atom stereocenters. The van der Waals surface area contributed by atoms with E-state index in [4.69, 9.17) is 4.74 Å². The summed E-state index contributed by atoms with van der Waals surface area (Å²) in [6, 6.07) is 19.3. The van der Waals surface area contributed by atoms with Crippen molar-refractivity contribution in [2.45, 2.75) is 26.2 Å². The largest absolute Gasteiger partial charge is 0.463 e. The minimum absolute atomic E-state index is 0.0463. The zero-order valence-electron chi connectivity index (χ0n) is 16.9. The summed E-state index contributed by atoms with van der Waals surface area (Å²) in [7, 11) is 0. The van der Waals surface area contributed by atoms with Gasteiger partial charge in [0, 0.05) is 23.3 Å². The van der Waals surface area contributed by atoms with Gasteiger partial charge in [-0.2, -0.15) is 0 Å². The molecule has 0 saturated carbocycles. The van der Waals surface area contributed by atoms with Crippen LogP contribution >= 0.6 is 0 Å². The van der Waals surface area contributed by atoms with E-state index < -0.39 is 11.9 Å². The third-order valence-electron chi connectivity index (χ3n) is 5.27. The second-order valence-corrected chi connectivity index (χ2v) is 7.24. The van der Waals surface area contributed by atoms with Gasteiger partial charge < -0.3 is 10.1 Å². The highest BCUT2D eigenvalue weighted by atomic mass is 16.5. The van der Waals surface area contributed by atoms with Gasteiger partial charge in [-0.15, -0.1) is 0 Å². The van der Waals surface area contributed by atoms with E-state index in [1.165, 1.54) is 0 Å². The van der Waals surface area contributed by atoms with Crippen LogP contribution < -0.4 is 5.32 Å². The molecule has 0 saturated heterocycles. The molecule has 4 nitrogen and oxygen atoms in total. The number of benzene rings is 2. The Kier molecular flexibility index (Phi) is 5.81. The Morgan fingerprint density at radius 2 is 1.77 bits per heavy atom. The fourth-order valence-electron chi connectivity index (χ4n) is 3.92. The van der Waals surface area contributed by atoms with Gasteiger partial charge >= 0.3 is 5.97 Å². The lowest BCUT2D eigenvalue weighted by molar-refractivity contribution is -0.138. The average Bonchev–Trinajstić information content (AvgIpc) is 2.78. The van der Waals surface area contributed by atoms with Crippen molar-refractivity contribution in [2.75, 3.05) is 6.61 Å². The van der Waals surface area contributed by atoms with Crippen LogP contribution in [0.4, 0.5) is 0 Å². The Labute approximate surface area is 176 Å². The van der Waals surface area contributed by atoms with Gasteiger partial charge in [0.1, 0.15) is 0 Å². The van der Waals surface area contributed by atoms with E-state index in [0.717, 1.165) is 29.7 Å². The number of dihydropyridines is 1. The maximum Gasteiger partial charge on any atom is 0.337 e. The lowest BCUT2D eigenvalue weighted by atomic mass is 9.78. The van der Waals surface area contributed by atoms with Gasteiger partial charge in [0.15, 0.2) is 5.78 Å². The first-order valence-electron chi connectivity index (χ1n) is 10.3. The van der Waals surface area contributed by atoms with Crippen molar-refractivity contribution in [3.8, 4) is 11.8 Å². The maximum atomic E-state index is 13.1. The summed E-state index contributed by atoms with van der Waals surface area (Å²) < 4.78 is 5.39. The van der Waals surface area contributed by atoms with Crippen molar-refractivity contribution in [3.05, 3.63) is 88.6 Å². The second kappa shape index (κ2) is 8.84. The first-order chi connectivity index (χ1) is 14.7. The number of ketones is 1. The lowest BCUT2D eigenvalue weighted by Crippen LogP contribution is -2.35. The smallest absolute Gasteiger partial charge is 0.337 e. The Morgan fingerprint density at radius 1 is 1.07 bits per heavy atom. The van der Waals surface area contributed by atoms with Crippen LogP contribution in [0.25, 0.3) is 5.70 Å². The number of ether oxygens (including phenoxy) is 1. The lowest BCUT2D eigenvalue weighted by Gasteiger charge is -2.32. The number of carbonyl (C=O) groups excluding carboxylic acids is 2. The van der Waals surface area contributed by atoms with Crippen LogP contribution in [-0.2, 0) is 14.3 Å². The van der Waals surface area contributed by atoms with Gasteiger partial charge in [-0.05, 0) is 37.5 Å². The topological polar surface area (TPSA) is 55.4 Å². The molecule has 1 aliphatic carbocycles. The van der Waals surface area contributed by atoms with Gasteiger partial charge in [-0.3, -0.25) is 4.79 Å². The number of hydrogen-bond acceptors (Lipinski definition) is 4. The molecule has 2 aromatic rings. The van der Waals surface area contributed by atoms with Gasteiger partial charge in [-0.1, -0.05) is 60.4 Å². The monoisotopic (exact) mass is 397 g/mol. The number of nitrogens with one attached hydrogen (secondary N) is 1. The van der Waals surface area contributed by atoms with Gasteiger partial charge in [-0.25, -0.2) is 4.79 Å². The Morgan fingerprint density at radius 3 is 2.47 bits per heavy atom. The summed E-state index contributed by atoms with van der Waals surface area (Å²) in [5.74, 6) is 5.37. The molecular weight excluding hydrogens is 374 g/mol. The Hall–Kier alpha value is -3.58. The minimum Gasteiger partial charge on any atom is -0.463 e. The summed E-state index contributed by atoms with van der Waals surface area (Å²) in [6.07, 6.45) is 2.03. The van der Waals surface area contributed by atoms with Crippen LogP contribution in [0.15, 0.2) is 77.5 Å². The molecule has 0 amide bonds. The summed E-state index contributed by atoms with van der Waals surface area (Å²) in [5.41, 5.74) is 4.26. The predicted octanol–water partition coefficient (Wildman–Crippen LogP) is 4.24. The molecule has 1 unspecified atom stereocenters. The SMILES string of the molecule is CCOC(=O)C1=C(c2ccccc2)NC2=C(C(=O)CCC2)C1C#Cc1ccccc1. The number of Topliss-reactive ketones (excluding diaryl/α,β-unsaturated/α-hetero) is 1. The number of hydrogen-bond donors (Lipinski definition) is 1. The summed E-state index contributed by atoms with van der Waals surface area (Å²) in [6.45, 7) is 2.03. The summed E-state index contributed by atoms with van der Waals surface area (Å²) in [4.78, 5) is 25.9. The standard InChI is InChI=1S/C26H23NO3/c1-2-30-26(29)24-20(17-16-18-10-5-3-6-11-18)23-21(14-9-15-22(23)28)27-25(24)19-12-7-4-8-13-19/h3-8,10-13,20,27H,2,9,14-15H2,1H3. The molecule has 0 radical (unpaired) electrons. The molecule has 2 aliphatic rings. The number of esters is 1. The highest BCUT2D eigenvalue weighted by molar-refractivity contribution is 6.07. The maximum absolute atomic E-state index is 13.1. The fraction of sp³-hybridized carbons (Fsp3) is 0.231. The zero-order valence-corrected chi connectivity index (χ0v) is 16.9. The average molecular weight is 397 g/mol. The molecule has 0 fully saturated rings. The highest BCUT2D eigenvalue weighted by Gasteiger charge is 2.38.